The van der Waals surface area contributed by atoms with Gasteiger partial charge < -0.3 is 0 Å². The summed E-state index contributed by atoms with van der Waals surface area (Å²) in [5, 5.41) is 0. The molecule has 0 amide bonds. The lowest BCUT2D eigenvalue weighted by Crippen LogP contribution is -2.02. The van der Waals surface area contributed by atoms with E-state index in [4.69, 9.17) is 10.7 Å². The molecule has 0 radical (unpaired) electrons. The molecule has 0 aliphatic carbocycles. The standard InChI is InChI=1S/C6H3ClF3NO2S/c7-14(12,13)4-2-11-1-3(8)5(4)6(9)10/h1-2,6H. The molecule has 0 saturated heterocycles. The Morgan fingerprint density at radius 3 is 2.29 bits per heavy atom. The molecule has 1 heterocycles. The van der Waals surface area contributed by atoms with Crippen LogP contribution in [-0.2, 0) is 9.05 Å². The van der Waals surface area contributed by atoms with E-state index in [0.29, 0.717) is 12.4 Å². The Hall–Kier alpha value is -0.820. The van der Waals surface area contributed by atoms with E-state index >= 15 is 0 Å². The average molecular weight is 246 g/mol. The number of hydrogen-bond donors (Lipinski definition) is 0. The molecule has 3 nitrogen and oxygen atoms in total. The molecule has 78 valence electrons. The molecular formula is C6H3ClF3NO2S. The van der Waals surface area contributed by atoms with Gasteiger partial charge in [0.05, 0.1) is 11.8 Å². The third-order valence-electron chi connectivity index (χ3n) is 1.38. The van der Waals surface area contributed by atoms with Crippen LogP contribution >= 0.6 is 10.7 Å². The smallest absolute Gasteiger partial charge is 0.260 e. The molecule has 14 heavy (non-hydrogen) atoms. The Bertz CT molecular complexity index is 448. The first-order valence-electron chi connectivity index (χ1n) is 3.20. The second kappa shape index (κ2) is 3.74. The minimum atomic E-state index is -4.41. The predicted octanol–water partition coefficient (Wildman–Crippen LogP) is 2.09. The van der Waals surface area contributed by atoms with Gasteiger partial charge in [0.2, 0.25) is 0 Å². The van der Waals surface area contributed by atoms with Crippen molar-refractivity contribution in [2.45, 2.75) is 11.3 Å². The molecule has 0 aromatic carbocycles. The molecule has 1 aromatic heterocycles. The van der Waals surface area contributed by atoms with Crippen LogP contribution in [0.25, 0.3) is 0 Å². The van der Waals surface area contributed by atoms with Crippen LogP contribution in [0.15, 0.2) is 17.3 Å². The summed E-state index contributed by atoms with van der Waals surface area (Å²) in [4.78, 5) is 2.12. The van der Waals surface area contributed by atoms with E-state index in [2.05, 4.69) is 4.98 Å². The maximum atomic E-state index is 12.8. The third kappa shape index (κ3) is 2.16. The summed E-state index contributed by atoms with van der Waals surface area (Å²) in [6.07, 6.45) is -2.19. The van der Waals surface area contributed by atoms with Gasteiger partial charge in [-0.05, 0) is 0 Å². The first kappa shape index (κ1) is 11.3. The van der Waals surface area contributed by atoms with Crippen LogP contribution in [0, 0.1) is 5.82 Å². The maximum Gasteiger partial charge on any atom is 0.268 e. The SMILES string of the molecule is O=S(=O)(Cl)c1cncc(F)c1C(F)F. The molecule has 0 spiro atoms. The molecule has 1 rings (SSSR count). The lowest BCUT2D eigenvalue weighted by molar-refractivity contribution is 0.142. The number of pyridine rings is 1. The summed E-state index contributed by atoms with van der Waals surface area (Å²) < 4.78 is 58.7. The van der Waals surface area contributed by atoms with Crippen LogP contribution in [0.2, 0.25) is 0 Å². The molecule has 0 aliphatic heterocycles. The van der Waals surface area contributed by atoms with Gasteiger partial charge in [0.15, 0.2) is 5.82 Å². The summed E-state index contributed by atoms with van der Waals surface area (Å²) in [5.74, 6) is -1.40. The molecule has 8 heteroatoms. The van der Waals surface area contributed by atoms with Crippen molar-refractivity contribution in [1.82, 2.24) is 4.98 Å². The zero-order chi connectivity index (χ0) is 10.9. The highest BCUT2D eigenvalue weighted by Gasteiger charge is 2.25. The van der Waals surface area contributed by atoms with Gasteiger partial charge in [0.25, 0.3) is 15.5 Å². The van der Waals surface area contributed by atoms with Crippen molar-refractivity contribution >= 4 is 19.7 Å². The fourth-order valence-corrected chi connectivity index (χ4v) is 1.84. The number of rotatable bonds is 2. The number of alkyl halides is 2. The Labute approximate surface area is 81.9 Å². The van der Waals surface area contributed by atoms with Crippen molar-refractivity contribution in [3.63, 3.8) is 0 Å². The molecule has 0 bridgehead atoms. The second-order valence-electron chi connectivity index (χ2n) is 2.27. The number of halogens is 4. The van der Waals surface area contributed by atoms with Gasteiger partial charge in [-0.15, -0.1) is 0 Å². The average Bonchev–Trinajstić information content (AvgIpc) is 2.01. The summed E-state index contributed by atoms with van der Waals surface area (Å²) in [6.45, 7) is 0. The van der Waals surface area contributed by atoms with Crippen molar-refractivity contribution < 1.29 is 21.6 Å². The van der Waals surface area contributed by atoms with Crippen molar-refractivity contribution in [2.24, 2.45) is 0 Å². The summed E-state index contributed by atoms with van der Waals surface area (Å²) in [7, 11) is 0.401. The lowest BCUT2D eigenvalue weighted by atomic mass is 10.3. The second-order valence-corrected chi connectivity index (χ2v) is 4.81. The van der Waals surface area contributed by atoms with Crippen molar-refractivity contribution in [1.29, 1.82) is 0 Å². The van der Waals surface area contributed by atoms with Crippen LogP contribution in [-0.4, -0.2) is 13.4 Å². The normalized spacial score (nSPS) is 12.1. The van der Waals surface area contributed by atoms with Gasteiger partial charge in [0.1, 0.15) is 4.90 Å². The van der Waals surface area contributed by atoms with Gasteiger partial charge in [-0.2, -0.15) is 0 Å². The molecule has 1 aromatic rings. The third-order valence-corrected chi connectivity index (χ3v) is 2.73. The fourth-order valence-electron chi connectivity index (χ4n) is 0.833. The molecule has 0 N–H and O–H groups in total. The van der Waals surface area contributed by atoms with Gasteiger partial charge in [-0.1, -0.05) is 0 Å². The number of aromatic nitrogens is 1. The van der Waals surface area contributed by atoms with Crippen molar-refractivity contribution in [2.75, 3.05) is 0 Å². The van der Waals surface area contributed by atoms with Gasteiger partial charge in [-0.3, -0.25) is 4.98 Å². The zero-order valence-corrected chi connectivity index (χ0v) is 7.99. The Balaban J connectivity index is 3.52. The van der Waals surface area contributed by atoms with Gasteiger partial charge in [0, 0.05) is 16.9 Å². The molecule has 0 unspecified atom stereocenters. The zero-order valence-electron chi connectivity index (χ0n) is 6.42. The van der Waals surface area contributed by atoms with E-state index in [1.54, 1.807) is 0 Å². The maximum absolute atomic E-state index is 12.8. The molecular weight excluding hydrogens is 243 g/mol. The van der Waals surface area contributed by atoms with E-state index in [0.717, 1.165) is 0 Å². The van der Waals surface area contributed by atoms with E-state index in [1.807, 2.05) is 0 Å². The summed E-state index contributed by atoms with van der Waals surface area (Å²) >= 11 is 0. The number of hydrogen-bond acceptors (Lipinski definition) is 3. The van der Waals surface area contributed by atoms with E-state index in [-0.39, 0.29) is 0 Å². The highest BCUT2D eigenvalue weighted by Crippen LogP contribution is 2.29. The summed E-state index contributed by atoms with van der Waals surface area (Å²) in [6, 6.07) is 0. The van der Waals surface area contributed by atoms with E-state index in [1.165, 1.54) is 0 Å². The largest absolute Gasteiger partial charge is 0.268 e. The van der Waals surface area contributed by atoms with Gasteiger partial charge >= 0.3 is 0 Å². The Morgan fingerprint density at radius 2 is 1.93 bits per heavy atom. The molecule has 0 atom stereocenters. The quantitative estimate of drug-likeness (QED) is 0.750. The van der Waals surface area contributed by atoms with Gasteiger partial charge in [-0.25, -0.2) is 21.6 Å². The lowest BCUT2D eigenvalue weighted by Gasteiger charge is -2.05. The van der Waals surface area contributed by atoms with Crippen LogP contribution in [0.4, 0.5) is 13.2 Å². The van der Waals surface area contributed by atoms with Crippen LogP contribution < -0.4 is 0 Å². The van der Waals surface area contributed by atoms with E-state index in [9.17, 15) is 21.6 Å². The molecule has 0 saturated carbocycles. The van der Waals surface area contributed by atoms with Crippen LogP contribution in [0.5, 0.6) is 0 Å². The first-order valence-corrected chi connectivity index (χ1v) is 5.51. The number of nitrogens with zero attached hydrogens (tertiary/aromatic N) is 1. The first-order chi connectivity index (χ1) is 6.34. The Morgan fingerprint density at radius 1 is 1.36 bits per heavy atom. The predicted molar refractivity (Wildman–Crippen MR) is 42.2 cm³/mol. The molecule has 0 aliphatic rings. The minimum Gasteiger partial charge on any atom is -0.260 e. The fraction of sp³-hybridized carbons (Fsp3) is 0.167. The topological polar surface area (TPSA) is 47.0 Å². The minimum absolute atomic E-state index is 0.493. The van der Waals surface area contributed by atoms with E-state index < -0.39 is 31.8 Å². The molecule has 0 fully saturated rings. The summed E-state index contributed by atoms with van der Waals surface area (Å²) in [5.41, 5.74) is -1.25. The van der Waals surface area contributed by atoms with Crippen LogP contribution in [0.1, 0.15) is 12.0 Å². The van der Waals surface area contributed by atoms with Crippen molar-refractivity contribution in [3.8, 4) is 0 Å². The van der Waals surface area contributed by atoms with Crippen LogP contribution in [0.3, 0.4) is 0 Å². The monoisotopic (exact) mass is 245 g/mol. The Kier molecular flexibility index (Phi) is 3.01. The highest BCUT2D eigenvalue weighted by molar-refractivity contribution is 8.13. The van der Waals surface area contributed by atoms with Crippen molar-refractivity contribution in [3.05, 3.63) is 23.8 Å². The highest BCUT2D eigenvalue weighted by atomic mass is 35.7.